The first-order chi connectivity index (χ1) is 10.0. The molecule has 1 atom stereocenters. The molecule has 21 heavy (non-hydrogen) atoms. The van der Waals surface area contributed by atoms with Crippen molar-refractivity contribution in [2.75, 3.05) is 27.7 Å². The fourth-order valence-electron chi connectivity index (χ4n) is 2.13. The zero-order chi connectivity index (χ0) is 15.4. The van der Waals surface area contributed by atoms with E-state index in [4.69, 9.17) is 16.3 Å². The first-order valence-corrected chi connectivity index (χ1v) is 7.09. The molecule has 114 valence electrons. The van der Waals surface area contributed by atoms with Gasteiger partial charge in [-0.3, -0.25) is 4.68 Å². The molecule has 1 heterocycles. The summed E-state index contributed by atoms with van der Waals surface area (Å²) in [6, 6.07) is 7.24. The summed E-state index contributed by atoms with van der Waals surface area (Å²) >= 11 is 6.17. The Bertz CT molecular complexity index is 598. The summed E-state index contributed by atoms with van der Waals surface area (Å²) in [5.74, 6) is 0.557. The van der Waals surface area contributed by atoms with Crippen LogP contribution in [0.1, 0.15) is 17.4 Å². The zero-order valence-electron chi connectivity index (χ0n) is 12.5. The molecule has 0 aliphatic rings. The van der Waals surface area contributed by atoms with Crippen LogP contribution in [-0.2, 0) is 6.54 Å². The predicted octanol–water partition coefficient (Wildman–Crippen LogP) is 2.19. The highest BCUT2D eigenvalue weighted by Crippen LogP contribution is 2.33. The van der Waals surface area contributed by atoms with Gasteiger partial charge in [-0.25, -0.2) is 0 Å². The molecule has 0 bridgehead atoms. The van der Waals surface area contributed by atoms with E-state index in [0.717, 1.165) is 6.54 Å². The van der Waals surface area contributed by atoms with E-state index in [1.54, 1.807) is 30.1 Å². The van der Waals surface area contributed by atoms with Crippen LogP contribution in [0.15, 0.2) is 30.5 Å². The first kappa shape index (κ1) is 15.8. The summed E-state index contributed by atoms with van der Waals surface area (Å²) < 4.78 is 7.07. The Labute approximate surface area is 129 Å². The molecule has 0 spiro atoms. The second kappa shape index (κ2) is 6.93. The zero-order valence-corrected chi connectivity index (χ0v) is 13.2. The molecule has 5 nitrogen and oxygen atoms in total. The van der Waals surface area contributed by atoms with Gasteiger partial charge in [-0.05, 0) is 20.2 Å². The van der Waals surface area contributed by atoms with Crippen LogP contribution in [0.2, 0.25) is 5.02 Å². The smallest absolute Gasteiger partial charge is 0.163 e. The molecule has 0 saturated heterocycles. The molecule has 1 aromatic carbocycles. The number of likely N-dealkylation sites (N-methyl/N-ethyl adjacent to an activating group) is 1. The topological polar surface area (TPSA) is 50.5 Å². The van der Waals surface area contributed by atoms with Gasteiger partial charge in [0.25, 0.3) is 0 Å². The van der Waals surface area contributed by atoms with Crippen molar-refractivity contribution in [3.05, 3.63) is 46.7 Å². The van der Waals surface area contributed by atoms with Crippen molar-refractivity contribution >= 4 is 11.6 Å². The van der Waals surface area contributed by atoms with Crippen LogP contribution in [0.3, 0.4) is 0 Å². The van der Waals surface area contributed by atoms with E-state index in [9.17, 15) is 5.11 Å². The van der Waals surface area contributed by atoms with Crippen LogP contribution in [0.25, 0.3) is 0 Å². The van der Waals surface area contributed by atoms with E-state index in [2.05, 4.69) is 10.00 Å². The molecular formula is C15H20ClN3O2. The van der Waals surface area contributed by atoms with Crippen LogP contribution in [0, 0.1) is 0 Å². The van der Waals surface area contributed by atoms with Crippen molar-refractivity contribution in [3.63, 3.8) is 0 Å². The van der Waals surface area contributed by atoms with Crippen LogP contribution in [0.5, 0.6) is 5.75 Å². The summed E-state index contributed by atoms with van der Waals surface area (Å²) in [6.45, 7) is 1.47. The van der Waals surface area contributed by atoms with Crippen LogP contribution >= 0.6 is 11.6 Å². The maximum atomic E-state index is 10.7. The Morgan fingerprint density at radius 2 is 2.10 bits per heavy atom. The lowest BCUT2D eigenvalue weighted by Gasteiger charge is -2.17. The van der Waals surface area contributed by atoms with Gasteiger partial charge < -0.3 is 14.7 Å². The van der Waals surface area contributed by atoms with Gasteiger partial charge >= 0.3 is 0 Å². The van der Waals surface area contributed by atoms with E-state index in [0.29, 0.717) is 28.6 Å². The molecule has 2 rings (SSSR count). The van der Waals surface area contributed by atoms with Gasteiger partial charge in [0.15, 0.2) is 5.75 Å². The number of rotatable bonds is 6. The van der Waals surface area contributed by atoms with Crippen molar-refractivity contribution < 1.29 is 9.84 Å². The number of hydrogen-bond donors (Lipinski definition) is 1. The quantitative estimate of drug-likeness (QED) is 0.888. The van der Waals surface area contributed by atoms with Crippen molar-refractivity contribution in [3.8, 4) is 5.75 Å². The number of halogens is 1. The van der Waals surface area contributed by atoms with Crippen molar-refractivity contribution in [1.29, 1.82) is 0 Å². The van der Waals surface area contributed by atoms with E-state index in [1.165, 1.54) is 0 Å². The Morgan fingerprint density at radius 3 is 2.71 bits per heavy atom. The summed E-state index contributed by atoms with van der Waals surface area (Å²) in [5.41, 5.74) is 1.26. The molecule has 1 unspecified atom stereocenters. The number of nitrogens with zero attached hydrogens (tertiary/aromatic N) is 3. The summed E-state index contributed by atoms with van der Waals surface area (Å²) in [6.07, 6.45) is 0.740. The number of benzene rings is 1. The van der Waals surface area contributed by atoms with Gasteiger partial charge in [0.1, 0.15) is 11.8 Å². The standard InChI is InChI=1S/C15H20ClN3O2/c1-18(2)8-9-19-14(13(21-3)10-17-19)15(20)11-6-4-5-7-12(11)16/h4-7,10,15,20H,8-9H2,1-3H3. The molecule has 2 aromatic rings. The molecule has 0 radical (unpaired) electrons. The minimum atomic E-state index is -0.877. The average molecular weight is 310 g/mol. The van der Waals surface area contributed by atoms with Crippen molar-refractivity contribution in [2.45, 2.75) is 12.6 Å². The molecule has 1 aromatic heterocycles. The molecule has 6 heteroatoms. The summed E-state index contributed by atoms with van der Waals surface area (Å²) in [4.78, 5) is 2.06. The van der Waals surface area contributed by atoms with Gasteiger partial charge in [-0.1, -0.05) is 29.8 Å². The Morgan fingerprint density at radius 1 is 1.38 bits per heavy atom. The maximum Gasteiger partial charge on any atom is 0.163 e. The molecule has 0 aliphatic carbocycles. The number of methoxy groups -OCH3 is 1. The normalized spacial score (nSPS) is 12.7. The number of aliphatic hydroxyl groups excluding tert-OH is 1. The van der Waals surface area contributed by atoms with Crippen LogP contribution in [-0.4, -0.2) is 47.5 Å². The third kappa shape index (κ3) is 3.56. The minimum Gasteiger partial charge on any atom is -0.493 e. The predicted molar refractivity (Wildman–Crippen MR) is 82.8 cm³/mol. The third-order valence-electron chi connectivity index (χ3n) is 3.28. The maximum absolute atomic E-state index is 10.7. The molecule has 1 N–H and O–H groups in total. The Hall–Kier alpha value is -1.56. The summed E-state index contributed by atoms with van der Waals surface area (Å²) in [7, 11) is 5.55. The highest BCUT2D eigenvalue weighted by Gasteiger charge is 2.23. The van der Waals surface area contributed by atoms with Gasteiger partial charge in [0, 0.05) is 17.1 Å². The molecular weight excluding hydrogens is 290 g/mol. The van der Waals surface area contributed by atoms with Gasteiger partial charge in [0.05, 0.1) is 19.9 Å². The number of ether oxygens (including phenoxy) is 1. The largest absolute Gasteiger partial charge is 0.493 e. The second-order valence-corrected chi connectivity index (χ2v) is 5.46. The fourth-order valence-corrected chi connectivity index (χ4v) is 2.37. The monoisotopic (exact) mass is 309 g/mol. The van der Waals surface area contributed by atoms with Crippen LogP contribution in [0.4, 0.5) is 0 Å². The lowest BCUT2D eigenvalue weighted by molar-refractivity contribution is 0.200. The second-order valence-electron chi connectivity index (χ2n) is 5.05. The lowest BCUT2D eigenvalue weighted by atomic mass is 10.1. The van der Waals surface area contributed by atoms with E-state index >= 15 is 0 Å². The van der Waals surface area contributed by atoms with E-state index in [1.807, 2.05) is 26.2 Å². The Balaban J connectivity index is 2.36. The minimum absolute atomic E-state index is 0.521. The van der Waals surface area contributed by atoms with Crippen molar-refractivity contribution in [1.82, 2.24) is 14.7 Å². The van der Waals surface area contributed by atoms with E-state index in [-0.39, 0.29) is 0 Å². The van der Waals surface area contributed by atoms with Crippen LogP contribution < -0.4 is 4.74 Å². The molecule has 0 amide bonds. The highest BCUT2D eigenvalue weighted by atomic mass is 35.5. The molecule has 0 fully saturated rings. The molecule has 0 aliphatic heterocycles. The van der Waals surface area contributed by atoms with E-state index < -0.39 is 6.10 Å². The van der Waals surface area contributed by atoms with Gasteiger partial charge in [0.2, 0.25) is 0 Å². The van der Waals surface area contributed by atoms with Gasteiger partial charge in [-0.15, -0.1) is 0 Å². The number of aliphatic hydroxyl groups is 1. The Kier molecular flexibility index (Phi) is 5.22. The summed E-state index contributed by atoms with van der Waals surface area (Å²) in [5, 5.41) is 15.5. The SMILES string of the molecule is COc1cnn(CCN(C)C)c1C(O)c1ccccc1Cl. The number of hydrogen-bond acceptors (Lipinski definition) is 4. The number of aromatic nitrogens is 2. The van der Waals surface area contributed by atoms with Crippen molar-refractivity contribution in [2.24, 2.45) is 0 Å². The van der Waals surface area contributed by atoms with Gasteiger partial charge in [-0.2, -0.15) is 5.10 Å². The fraction of sp³-hybridized carbons (Fsp3) is 0.400. The molecule has 0 saturated carbocycles. The first-order valence-electron chi connectivity index (χ1n) is 6.71. The average Bonchev–Trinajstić information content (AvgIpc) is 2.87. The highest BCUT2D eigenvalue weighted by molar-refractivity contribution is 6.31. The lowest BCUT2D eigenvalue weighted by Crippen LogP contribution is -2.21. The third-order valence-corrected chi connectivity index (χ3v) is 3.63.